The highest BCUT2D eigenvalue weighted by molar-refractivity contribution is 5.95. The Morgan fingerprint density at radius 3 is 0.902 bits per heavy atom. The monoisotopic (exact) mass is 1090 g/mol. The third kappa shape index (κ3) is 8.61. The number of ether oxygens (including phenoxy) is 2. The van der Waals surface area contributed by atoms with Crippen molar-refractivity contribution in [2.75, 3.05) is 79.9 Å². The normalized spacial score (nSPS) is 15.0. The van der Waals surface area contributed by atoms with Crippen LogP contribution in [0.25, 0.3) is 0 Å². The Kier molecular flexibility index (Phi) is 11.9. The summed E-state index contributed by atoms with van der Waals surface area (Å²) in [5, 5.41) is 0. The molecule has 0 unspecified atom stereocenters. The Morgan fingerprint density at radius 2 is 0.573 bits per heavy atom. The van der Waals surface area contributed by atoms with Crippen LogP contribution in [0.1, 0.15) is 70.9 Å². The first-order chi connectivity index (χ1) is 40.6. The van der Waals surface area contributed by atoms with E-state index in [1.54, 1.807) is 0 Å². The molecule has 0 spiro atoms. The van der Waals surface area contributed by atoms with Crippen LogP contribution in [0.15, 0.2) is 146 Å². The van der Waals surface area contributed by atoms with Gasteiger partial charge in [-0.25, -0.2) is 0 Å². The summed E-state index contributed by atoms with van der Waals surface area (Å²) in [6.07, 6.45) is 0. The topological polar surface area (TPSA) is 44.4 Å². The lowest BCUT2D eigenvalue weighted by Gasteiger charge is -2.25. The molecule has 0 N–H and O–H groups in total. The highest BCUT2D eigenvalue weighted by Gasteiger charge is 2.36. The van der Waals surface area contributed by atoms with Crippen molar-refractivity contribution in [3.8, 4) is 23.0 Å². The molecule has 4 aliphatic rings. The van der Waals surface area contributed by atoms with Gasteiger partial charge in [-0.3, -0.25) is 0 Å². The van der Waals surface area contributed by atoms with Crippen LogP contribution in [0.2, 0.25) is 0 Å². The van der Waals surface area contributed by atoms with E-state index < -0.39 is 6.98 Å². The second-order valence-electron chi connectivity index (χ2n) is 23.2. The first-order valence-electron chi connectivity index (χ1n) is 30.1. The van der Waals surface area contributed by atoms with E-state index in [9.17, 15) is 0 Å². The van der Waals surface area contributed by atoms with Crippen LogP contribution in [0.4, 0.5) is 79.6 Å². The number of rotatable bonds is 10. The lowest BCUT2D eigenvalue weighted by Crippen LogP contribution is -2.25. The van der Waals surface area contributed by atoms with Gasteiger partial charge in [0.1, 0.15) is 36.3 Å². The maximum Gasteiger partial charge on any atom is 0.129 e. The summed E-state index contributed by atoms with van der Waals surface area (Å²) in [6.45, 7) is 26.4. The molecule has 9 aromatic carbocycles. The predicted molar refractivity (Wildman–Crippen MR) is 344 cm³/mol. The molecule has 4 heterocycles. The first kappa shape index (κ1) is 48.8. The van der Waals surface area contributed by atoms with Gasteiger partial charge in [-0.2, -0.15) is 0 Å². The Balaban J connectivity index is 0.777. The fraction of sp³-hybridized carbons (Fsp3) is 0.250. The van der Waals surface area contributed by atoms with Crippen molar-refractivity contribution in [1.29, 1.82) is 0 Å². The minimum atomic E-state index is -2.29. The van der Waals surface area contributed by atoms with Crippen molar-refractivity contribution < 1.29 is 13.6 Å². The number of anilines is 14. The number of nitrogens with zero attached hydrogens (tertiary/aromatic N) is 8. The molecule has 414 valence electrons. The third-order valence-electron chi connectivity index (χ3n) is 18.5. The van der Waals surface area contributed by atoms with Crippen LogP contribution in [-0.4, -0.2) is 40.7 Å². The molecule has 0 fully saturated rings. The Hall–Kier alpha value is -9.02. The van der Waals surface area contributed by atoms with Gasteiger partial charge in [0.05, 0.1) is 58.8 Å². The minimum absolute atomic E-state index is 0.208. The van der Waals surface area contributed by atoms with Gasteiger partial charge in [0.2, 0.25) is 0 Å². The van der Waals surface area contributed by atoms with Crippen molar-refractivity contribution in [3.05, 3.63) is 212 Å². The van der Waals surface area contributed by atoms with E-state index in [1.165, 1.54) is 94.7 Å². The fourth-order valence-corrected chi connectivity index (χ4v) is 12.8. The number of hydrogen-bond acceptors (Lipinski definition) is 10. The quantitative estimate of drug-likeness (QED) is 0.132. The molecule has 0 saturated carbocycles. The fourth-order valence-electron chi connectivity index (χ4n) is 12.8. The lowest BCUT2D eigenvalue weighted by molar-refractivity contribution is 0.482. The Labute approximate surface area is 489 Å². The summed E-state index contributed by atoms with van der Waals surface area (Å²) in [5.74, 6) is 2.94. The van der Waals surface area contributed by atoms with Crippen molar-refractivity contribution >= 4 is 79.6 Å². The molecule has 0 bridgehead atoms. The van der Waals surface area contributed by atoms with E-state index in [4.69, 9.17) is 13.6 Å². The second kappa shape index (κ2) is 19.9. The second-order valence-corrected chi connectivity index (χ2v) is 23.2. The van der Waals surface area contributed by atoms with Crippen molar-refractivity contribution in [2.45, 2.75) is 83.1 Å². The van der Waals surface area contributed by atoms with E-state index in [0.717, 1.165) is 69.1 Å². The predicted octanol–water partition coefficient (Wildman–Crippen LogP) is 18.6. The SMILES string of the molecule is [2H]C([2H])([2H])N1CN(c2cccc(Oc3cccc(N4CN(c5ccc(N6CN(c7cccc(Oc8cccc(N9CN(C)c%10cc(C)c(C)cc%109)c8)c7)c7c(C)c(C)c(C)c(C)c76)cc5)c5c(C)c(C)c(C)c(C)c54)c3)c2)c2cc(C)c(C)cc21. The van der Waals surface area contributed by atoms with Crippen molar-refractivity contribution in [3.63, 3.8) is 0 Å². The molecule has 13 rings (SSSR count). The van der Waals surface area contributed by atoms with Gasteiger partial charge in [-0.15, -0.1) is 0 Å². The largest absolute Gasteiger partial charge is 0.457 e. The molecular formula is C72H74N8O2. The zero-order valence-electron chi connectivity index (χ0n) is 52.6. The smallest absolute Gasteiger partial charge is 0.129 e. The maximum atomic E-state index is 8.35. The highest BCUT2D eigenvalue weighted by Crippen LogP contribution is 2.54. The molecule has 0 aromatic heterocycles. The van der Waals surface area contributed by atoms with Gasteiger partial charge >= 0.3 is 0 Å². The van der Waals surface area contributed by atoms with E-state index in [0.29, 0.717) is 30.5 Å². The average molecular weight is 1090 g/mol. The first-order valence-corrected chi connectivity index (χ1v) is 28.6. The summed E-state index contributed by atoms with van der Waals surface area (Å²) >= 11 is 0. The van der Waals surface area contributed by atoms with E-state index in [1.807, 2.05) is 49.4 Å². The zero-order valence-corrected chi connectivity index (χ0v) is 49.6. The van der Waals surface area contributed by atoms with Gasteiger partial charge in [-0.1, -0.05) is 24.3 Å². The van der Waals surface area contributed by atoms with Crippen molar-refractivity contribution in [1.82, 2.24) is 0 Å². The van der Waals surface area contributed by atoms with Crippen molar-refractivity contribution in [2.24, 2.45) is 0 Å². The number of hydrogen-bond donors (Lipinski definition) is 0. The molecule has 9 aromatic rings. The number of benzene rings is 9. The van der Waals surface area contributed by atoms with Gasteiger partial charge in [0.15, 0.2) is 0 Å². The molecule has 0 amide bonds. The minimum Gasteiger partial charge on any atom is -0.457 e. The van der Waals surface area contributed by atoms with E-state index in [2.05, 4.69) is 221 Å². The molecule has 4 aliphatic heterocycles. The van der Waals surface area contributed by atoms with Crippen LogP contribution in [0, 0.1) is 83.1 Å². The van der Waals surface area contributed by atoms with Gasteiger partial charge in [0, 0.05) is 76.5 Å². The maximum absolute atomic E-state index is 8.35. The van der Waals surface area contributed by atoms with E-state index >= 15 is 0 Å². The van der Waals surface area contributed by atoms with Crippen LogP contribution < -0.4 is 48.7 Å². The van der Waals surface area contributed by atoms with Gasteiger partial charge in [0.25, 0.3) is 0 Å². The molecule has 82 heavy (non-hydrogen) atoms. The molecule has 0 saturated heterocycles. The Bertz CT molecular complexity index is 4200. The van der Waals surface area contributed by atoms with Gasteiger partial charge in [-0.05, 0) is 247 Å². The summed E-state index contributed by atoms with van der Waals surface area (Å²) in [5.41, 5.74) is 30.1. The van der Waals surface area contributed by atoms with Crippen LogP contribution in [0.3, 0.4) is 0 Å². The number of fused-ring (bicyclic) bond motifs is 4. The summed E-state index contributed by atoms with van der Waals surface area (Å²) in [7, 11) is 2.15. The molecular weight excluding hydrogens is 1010 g/mol. The standard InChI is InChI=1S/C72H74N8O2/c1-43-31-65-67(33-45(43)3)75(39-73(65)13)57-19-15-23-61(35-57)81-63-25-17-21-59(37-63)79-41-77(69-51(9)47(5)49(7)53(11)71(69)79)55-27-29-56(30-28-55)78-42-80(72-54(12)50(8)48(6)52(10)70(72)78)60-22-18-26-64(38-60)82-62-24-16-20-58(36-62)76-40-74(14)66-32-44(2)46(4)34-68(66)76/h15-38H,39-42H2,1-14H3/i13D3. The molecule has 10 heteroatoms. The van der Waals surface area contributed by atoms with Crippen LogP contribution in [-0.2, 0) is 0 Å². The molecule has 0 aliphatic carbocycles. The Morgan fingerprint density at radius 1 is 0.293 bits per heavy atom. The summed E-state index contributed by atoms with van der Waals surface area (Å²) in [4.78, 5) is 18.0. The molecule has 0 radical (unpaired) electrons. The van der Waals surface area contributed by atoms with Gasteiger partial charge < -0.3 is 48.7 Å². The van der Waals surface area contributed by atoms with Crippen LogP contribution in [0.5, 0.6) is 23.0 Å². The molecule has 10 nitrogen and oxygen atoms in total. The third-order valence-corrected chi connectivity index (χ3v) is 18.5. The summed E-state index contributed by atoms with van der Waals surface area (Å²) < 4.78 is 38.5. The summed E-state index contributed by atoms with van der Waals surface area (Å²) in [6, 6.07) is 51.1. The number of aryl methyl sites for hydroxylation is 4. The molecule has 0 atom stereocenters. The van der Waals surface area contributed by atoms with Crippen LogP contribution >= 0.6 is 0 Å². The van der Waals surface area contributed by atoms with E-state index in [-0.39, 0.29) is 6.67 Å². The lowest BCUT2D eigenvalue weighted by atomic mass is 9.95. The average Bonchev–Trinajstić information content (AvgIpc) is 3.03. The zero-order chi connectivity index (χ0) is 59.7. The highest BCUT2D eigenvalue weighted by atomic mass is 16.5.